The number of hydrogen-bond donors (Lipinski definition) is 2. The van der Waals surface area contributed by atoms with Gasteiger partial charge in [0, 0.05) is 26.1 Å². The van der Waals surface area contributed by atoms with Crippen LogP contribution in [0.3, 0.4) is 0 Å². The largest absolute Gasteiger partial charge is 0.370 e. The summed E-state index contributed by atoms with van der Waals surface area (Å²) in [6.07, 6.45) is 2.02. The minimum Gasteiger partial charge on any atom is -0.370 e. The second-order valence-electron chi connectivity index (χ2n) is 4.10. The number of carbonyl (C=O) groups is 1. The third-order valence-electron chi connectivity index (χ3n) is 2.53. The lowest BCUT2D eigenvalue weighted by atomic mass is 10.2. The fraction of sp³-hybridized carbons (Fsp3) is 0.286. The van der Waals surface area contributed by atoms with Gasteiger partial charge in [-0.05, 0) is 17.8 Å². The van der Waals surface area contributed by atoms with Crippen LogP contribution in [0.2, 0.25) is 0 Å². The lowest BCUT2D eigenvalue weighted by Crippen LogP contribution is -2.40. The Hall–Kier alpha value is -1.88. The molecule has 0 spiro atoms. The first-order valence-electron chi connectivity index (χ1n) is 6.09. The van der Waals surface area contributed by atoms with Gasteiger partial charge in [-0.2, -0.15) is 0 Å². The quantitative estimate of drug-likeness (QED) is 0.585. The molecule has 0 heterocycles. The zero-order valence-corrected chi connectivity index (χ0v) is 11.7. The molecule has 3 N–H and O–H groups in total. The molecule has 0 radical (unpaired) electrons. The number of nitrogens with one attached hydrogen (secondary N) is 1. The predicted molar refractivity (Wildman–Crippen MR) is 81.5 cm³/mol. The lowest BCUT2D eigenvalue weighted by molar-refractivity contribution is -0.118. The molecule has 1 aromatic carbocycles. The molecular weight excluding hydrogens is 258 g/mol. The highest BCUT2D eigenvalue weighted by Crippen LogP contribution is 2.05. The molecule has 5 heteroatoms. The summed E-state index contributed by atoms with van der Waals surface area (Å²) in [5, 5.41) is 3.67. The van der Waals surface area contributed by atoms with E-state index in [0.29, 0.717) is 24.7 Å². The molecule has 0 saturated carbocycles. The molecule has 0 fully saturated rings. The molecule has 1 aromatic rings. The molecule has 19 heavy (non-hydrogen) atoms. The van der Waals surface area contributed by atoms with Gasteiger partial charge in [0.25, 0.3) is 0 Å². The summed E-state index contributed by atoms with van der Waals surface area (Å²) < 4.78 is 0. The van der Waals surface area contributed by atoms with E-state index in [4.69, 9.17) is 18.0 Å². The monoisotopic (exact) mass is 277 g/mol. The van der Waals surface area contributed by atoms with Gasteiger partial charge in [0.15, 0.2) is 5.11 Å². The molecular formula is C14H19N3OS. The Balaban J connectivity index is 2.65. The van der Waals surface area contributed by atoms with E-state index >= 15 is 0 Å². The zero-order chi connectivity index (χ0) is 14.1. The number of primary amides is 1. The first-order chi connectivity index (χ1) is 9.13. The Labute approximate surface area is 119 Å². The van der Waals surface area contributed by atoms with Crippen molar-refractivity contribution < 1.29 is 4.79 Å². The van der Waals surface area contributed by atoms with E-state index in [0.717, 1.165) is 5.56 Å². The summed E-state index contributed by atoms with van der Waals surface area (Å²) in [5.74, 6) is -0.329. The van der Waals surface area contributed by atoms with Crippen LogP contribution in [0.1, 0.15) is 12.0 Å². The minimum absolute atomic E-state index is 0.280. The number of amides is 1. The van der Waals surface area contributed by atoms with Crippen molar-refractivity contribution in [2.75, 3.05) is 13.1 Å². The Morgan fingerprint density at radius 1 is 1.42 bits per heavy atom. The van der Waals surface area contributed by atoms with Crippen molar-refractivity contribution in [2.24, 2.45) is 5.73 Å². The first-order valence-corrected chi connectivity index (χ1v) is 6.50. The SMILES string of the molecule is C=CCNC(=S)N(CCC(N)=O)Cc1ccccc1. The fourth-order valence-corrected chi connectivity index (χ4v) is 1.81. The smallest absolute Gasteiger partial charge is 0.219 e. The van der Waals surface area contributed by atoms with E-state index in [1.807, 2.05) is 35.2 Å². The Kier molecular flexibility index (Phi) is 6.60. The summed E-state index contributed by atoms with van der Waals surface area (Å²) >= 11 is 5.31. The van der Waals surface area contributed by atoms with Crippen molar-refractivity contribution in [1.82, 2.24) is 10.2 Å². The van der Waals surface area contributed by atoms with Crippen molar-refractivity contribution in [3.05, 3.63) is 48.6 Å². The molecule has 1 amide bonds. The zero-order valence-electron chi connectivity index (χ0n) is 10.8. The topological polar surface area (TPSA) is 58.4 Å². The van der Waals surface area contributed by atoms with Gasteiger partial charge in [-0.3, -0.25) is 4.79 Å². The summed E-state index contributed by atoms with van der Waals surface area (Å²) in [6, 6.07) is 9.95. The fourth-order valence-electron chi connectivity index (χ4n) is 1.57. The summed E-state index contributed by atoms with van der Waals surface area (Å²) in [6.45, 7) is 5.39. The predicted octanol–water partition coefficient (Wildman–Crippen LogP) is 1.42. The standard InChI is InChI=1S/C14H19N3OS/c1-2-9-16-14(19)17(10-8-13(15)18)11-12-6-4-3-5-7-12/h2-7H,1,8-11H2,(H2,15,18)(H,16,19). The van der Waals surface area contributed by atoms with Gasteiger partial charge in [0.05, 0.1) is 0 Å². The van der Waals surface area contributed by atoms with E-state index in [9.17, 15) is 4.79 Å². The number of thiocarbonyl (C=S) groups is 1. The van der Waals surface area contributed by atoms with Crippen LogP contribution in [-0.4, -0.2) is 29.0 Å². The molecule has 0 aromatic heterocycles. The highest BCUT2D eigenvalue weighted by molar-refractivity contribution is 7.80. The number of nitrogens with two attached hydrogens (primary N) is 1. The second-order valence-corrected chi connectivity index (χ2v) is 4.48. The number of benzene rings is 1. The summed E-state index contributed by atoms with van der Waals surface area (Å²) in [5.41, 5.74) is 6.32. The van der Waals surface area contributed by atoms with E-state index in [1.54, 1.807) is 6.08 Å². The number of rotatable bonds is 7. The van der Waals surface area contributed by atoms with E-state index in [-0.39, 0.29) is 12.3 Å². The molecule has 4 nitrogen and oxygen atoms in total. The molecule has 0 bridgehead atoms. The minimum atomic E-state index is -0.329. The maximum absolute atomic E-state index is 10.9. The van der Waals surface area contributed by atoms with Gasteiger partial charge >= 0.3 is 0 Å². The van der Waals surface area contributed by atoms with Crippen LogP contribution in [0, 0.1) is 0 Å². The molecule has 0 aliphatic carbocycles. The Morgan fingerprint density at radius 3 is 2.68 bits per heavy atom. The molecule has 0 aliphatic rings. The number of nitrogens with zero attached hydrogens (tertiary/aromatic N) is 1. The molecule has 102 valence electrons. The Bertz CT molecular complexity index is 434. The average molecular weight is 277 g/mol. The first kappa shape index (κ1) is 15.2. The lowest BCUT2D eigenvalue weighted by Gasteiger charge is -2.25. The van der Waals surface area contributed by atoms with Crippen LogP contribution < -0.4 is 11.1 Å². The molecule has 0 saturated heterocycles. The van der Waals surface area contributed by atoms with Crippen molar-refractivity contribution in [1.29, 1.82) is 0 Å². The van der Waals surface area contributed by atoms with Gasteiger partial charge in [0.2, 0.25) is 5.91 Å². The number of carbonyl (C=O) groups excluding carboxylic acids is 1. The van der Waals surface area contributed by atoms with Crippen LogP contribution in [-0.2, 0) is 11.3 Å². The average Bonchev–Trinajstić information content (AvgIpc) is 2.41. The maximum Gasteiger partial charge on any atom is 0.219 e. The van der Waals surface area contributed by atoms with Gasteiger partial charge < -0.3 is 16.0 Å². The van der Waals surface area contributed by atoms with Gasteiger partial charge in [-0.25, -0.2) is 0 Å². The van der Waals surface area contributed by atoms with E-state index in [2.05, 4.69) is 11.9 Å². The summed E-state index contributed by atoms with van der Waals surface area (Å²) in [4.78, 5) is 12.8. The Morgan fingerprint density at radius 2 is 2.11 bits per heavy atom. The van der Waals surface area contributed by atoms with Crippen LogP contribution >= 0.6 is 12.2 Å². The van der Waals surface area contributed by atoms with Crippen LogP contribution in [0.4, 0.5) is 0 Å². The van der Waals surface area contributed by atoms with E-state index in [1.165, 1.54) is 0 Å². The molecule has 0 aliphatic heterocycles. The number of hydrogen-bond acceptors (Lipinski definition) is 2. The van der Waals surface area contributed by atoms with E-state index < -0.39 is 0 Å². The van der Waals surface area contributed by atoms with Crippen molar-refractivity contribution in [3.8, 4) is 0 Å². The van der Waals surface area contributed by atoms with Gasteiger partial charge in [-0.15, -0.1) is 6.58 Å². The van der Waals surface area contributed by atoms with Crippen molar-refractivity contribution >= 4 is 23.2 Å². The molecule has 0 unspecified atom stereocenters. The third-order valence-corrected chi connectivity index (χ3v) is 2.93. The van der Waals surface area contributed by atoms with Crippen LogP contribution in [0.15, 0.2) is 43.0 Å². The van der Waals surface area contributed by atoms with Crippen molar-refractivity contribution in [3.63, 3.8) is 0 Å². The van der Waals surface area contributed by atoms with Crippen LogP contribution in [0.25, 0.3) is 0 Å². The highest BCUT2D eigenvalue weighted by Gasteiger charge is 2.10. The normalized spacial score (nSPS) is 9.68. The third kappa shape index (κ3) is 6.01. The molecule has 1 rings (SSSR count). The van der Waals surface area contributed by atoms with Crippen molar-refractivity contribution in [2.45, 2.75) is 13.0 Å². The molecule has 0 atom stereocenters. The van der Waals surface area contributed by atoms with Crippen LogP contribution in [0.5, 0.6) is 0 Å². The maximum atomic E-state index is 10.9. The van der Waals surface area contributed by atoms with Gasteiger partial charge in [-0.1, -0.05) is 36.4 Å². The highest BCUT2D eigenvalue weighted by atomic mass is 32.1. The summed E-state index contributed by atoms with van der Waals surface area (Å²) in [7, 11) is 0. The van der Waals surface area contributed by atoms with Gasteiger partial charge in [0.1, 0.15) is 0 Å². The second kappa shape index (κ2) is 8.26.